The predicted octanol–water partition coefficient (Wildman–Crippen LogP) is 2.17. The number of hydrogen-bond acceptors (Lipinski definition) is 5. The number of rotatable bonds is 6. The highest BCUT2D eigenvalue weighted by molar-refractivity contribution is 7.09. The zero-order valence-corrected chi connectivity index (χ0v) is 18.1. The lowest BCUT2D eigenvalue weighted by Gasteiger charge is -2.43. The van der Waals surface area contributed by atoms with Crippen molar-refractivity contribution < 1.29 is 14.4 Å². The van der Waals surface area contributed by atoms with Crippen molar-refractivity contribution in [2.45, 2.75) is 64.2 Å². The largest absolute Gasteiger partial charge is 0.351 e. The molecule has 8 nitrogen and oxygen atoms in total. The molecule has 1 saturated carbocycles. The Morgan fingerprint density at radius 1 is 1.33 bits per heavy atom. The van der Waals surface area contributed by atoms with Gasteiger partial charge >= 0.3 is 0 Å². The molecular weight excluding hydrogens is 402 g/mol. The number of aromatic nitrogens is 2. The molecule has 160 valence electrons. The fourth-order valence-electron chi connectivity index (χ4n) is 4.33. The number of nitrogens with zero attached hydrogens (tertiary/aromatic N) is 3. The maximum absolute atomic E-state index is 13.2. The van der Waals surface area contributed by atoms with Crippen LogP contribution in [0.3, 0.4) is 0 Å². The topological polar surface area (TPSA) is 96.3 Å². The van der Waals surface area contributed by atoms with Crippen molar-refractivity contribution in [2.75, 3.05) is 6.54 Å². The number of carbonyl (C=O) groups is 3. The Labute approximate surface area is 179 Å². The number of amides is 3. The van der Waals surface area contributed by atoms with Crippen molar-refractivity contribution in [3.8, 4) is 0 Å². The SMILES string of the molecule is CCN1C(=O)c2cc(C(=O)NCc3cccs3)nn2CC1(C)C(=O)NC1CCCC1. The molecule has 2 aliphatic rings. The van der Waals surface area contributed by atoms with Crippen LogP contribution >= 0.6 is 11.3 Å². The van der Waals surface area contributed by atoms with Gasteiger partial charge in [-0.15, -0.1) is 11.3 Å². The van der Waals surface area contributed by atoms with Crippen LogP contribution in [-0.4, -0.2) is 50.5 Å². The Bertz CT molecular complexity index is 948. The Hall–Kier alpha value is -2.68. The average molecular weight is 430 g/mol. The van der Waals surface area contributed by atoms with Gasteiger partial charge in [0.1, 0.15) is 11.2 Å². The van der Waals surface area contributed by atoms with E-state index in [1.165, 1.54) is 10.7 Å². The van der Waals surface area contributed by atoms with Crippen LogP contribution in [0.25, 0.3) is 0 Å². The van der Waals surface area contributed by atoms with E-state index < -0.39 is 5.54 Å². The van der Waals surface area contributed by atoms with Gasteiger partial charge in [0.05, 0.1) is 13.1 Å². The maximum atomic E-state index is 13.2. The van der Waals surface area contributed by atoms with Crippen LogP contribution in [0.2, 0.25) is 0 Å². The molecule has 30 heavy (non-hydrogen) atoms. The maximum Gasteiger partial charge on any atom is 0.273 e. The van der Waals surface area contributed by atoms with Crippen LogP contribution in [0.5, 0.6) is 0 Å². The van der Waals surface area contributed by atoms with Gasteiger partial charge in [-0.25, -0.2) is 0 Å². The third-order valence-corrected chi connectivity index (χ3v) is 6.91. The normalized spacial score (nSPS) is 21.5. The number of nitrogens with one attached hydrogen (secondary N) is 2. The molecule has 0 saturated heterocycles. The Morgan fingerprint density at radius 2 is 2.10 bits per heavy atom. The van der Waals surface area contributed by atoms with Crippen molar-refractivity contribution in [3.63, 3.8) is 0 Å². The van der Waals surface area contributed by atoms with Gasteiger partial charge in [0.25, 0.3) is 11.8 Å². The lowest BCUT2D eigenvalue weighted by molar-refractivity contribution is -0.133. The summed E-state index contributed by atoms with van der Waals surface area (Å²) < 4.78 is 1.50. The minimum absolute atomic E-state index is 0.158. The van der Waals surface area contributed by atoms with Gasteiger partial charge in [0, 0.05) is 23.5 Å². The number of thiophene rings is 1. The minimum atomic E-state index is -1.04. The van der Waals surface area contributed by atoms with Gasteiger partial charge in [-0.2, -0.15) is 5.10 Å². The second kappa shape index (κ2) is 8.22. The van der Waals surface area contributed by atoms with E-state index in [4.69, 9.17) is 0 Å². The molecule has 0 bridgehead atoms. The molecule has 2 aromatic rings. The van der Waals surface area contributed by atoms with Gasteiger partial charge < -0.3 is 15.5 Å². The molecular formula is C21H27N5O3S. The Kier molecular flexibility index (Phi) is 5.64. The second-order valence-corrected chi connectivity index (χ2v) is 9.14. The smallest absolute Gasteiger partial charge is 0.273 e. The summed E-state index contributed by atoms with van der Waals surface area (Å²) in [6.07, 6.45) is 4.18. The molecule has 4 rings (SSSR count). The molecule has 1 atom stereocenters. The van der Waals surface area contributed by atoms with Crippen LogP contribution in [0, 0.1) is 0 Å². The van der Waals surface area contributed by atoms with Crippen LogP contribution in [0.15, 0.2) is 23.6 Å². The Balaban J connectivity index is 1.54. The molecule has 9 heteroatoms. The van der Waals surface area contributed by atoms with E-state index in [0.29, 0.717) is 18.8 Å². The van der Waals surface area contributed by atoms with Crippen LogP contribution < -0.4 is 10.6 Å². The standard InChI is InChI=1S/C21H27N5O3S/c1-3-25-19(28)17-11-16(18(27)22-12-15-9-6-10-30-15)24-26(17)13-21(25,2)20(29)23-14-7-4-5-8-14/h6,9-11,14H,3-5,7-8,12-13H2,1-2H3,(H,22,27)(H,23,29). The third kappa shape index (κ3) is 3.74. The lowest BCUT2D eigenvalue weighted by Crippen LogP contribution is -2.64. The third-order valence-electron chi connectivity index (χ3n) is 6.03. The minimum Gasteiger partial charge on any atom is -0.351 e. The first-order valence-electron chi connectivity index (χ1n) is 10.4. The van der Waals surface area contributed by atoms with E-state index in [0.717, 1.165) is 30.6 Å². The first-order chi connectivity index (χ1) is 14.4. The highest BCUT2D eigenvalue weighted by Crippen LogP contribution is 2.28. The summed E-state index contributed by atoms with van der Waals surface area (Å²) >= 11 is 1.56. The fraction of sp³-hybridized carbons (Fsp3) is 0.524. The van der Waals surface area contributed by atoms with Crippen molar-refractivity contribution in [2.24, 2.45) is 0 Å². The molecule has 0 aromatic carbocycles. The number of hydrogen-bond donors (Lipinski definition) is 2. The van der Waals surface area contributed by atoms with E-state index in [9.17, 15) is 14.4 Å². The van der Waals surface area contributed by atoms with Crippen molar-refractivity contribution >= 4 is 29.1 Å². The lowest BCUT2D eigenvalue weighted by atomic mass is 9.94. The number of likely N-dealkylation sites (N-methyl/N-ethyl adjacent to an activating group) is 1. The molecule has 2 N–H and O–H groups in total. The zero-order valence-electron chi connectivity index (χ0n) is 17.3. The van der Waals surface area contributed by atoms with Gasteiger partial charge in [-0.05, 0) is 38.1 Å². The fourth-order valence-corrected chi connectivity index (χ4v) is 4.97. The molecule has 3 amide bonds. The molecule has 1 aliphatic heterocycles. The highest BCUT2D eigenvalue weighted by atomic mass is 32.1. The van der Waals surface area contributed by atoms with Crippen molar-refractivity contribution in [1.82, 2.24) is 25.3 Å². The first-order valence-corrected chi connectivity index (χ1v) is 11.3. The van der Waals surface area contributed by atoms with Gasteiger partial charge in [-0.1, -0.05) is 18.9 Å². The Morgan fingerprint density at radius 3 is 2.77 bits per heavy atom. The molecule has 1 fully saturated rings. The first kappa shape index (κ1) is 20.6. The van der Waals surface area contributed by atoms with Crippen molar-refractivity contribution in [1.29, 1.82) is 0 Å². The second-order valence-electron chi connectivity index (χ2n) is 8.11. The molecule has 1 unspecified atom stereocenters. The highest BCUT2D eigenvalue weighted by Gasteiger charge is 2.48. The summed E-state index contributed by atoms with van der Waals surface area (Å²) in [6, 6.07) is 5.56. The van der Waals surface area contributed by atoms with Crippen LogP contribution in [0.1, 0.15) is 65.4 Å². The number of fused-ring (bicyclic) bond motifs is 1. The molecule has 3 heterocycles. The van der Waals surface area contributed by atoms with E-state index >= 15 is 0 Å². The summed E-state index contributed by atoms with van der Waals surface area (Å²) in [7, 11) is 0. The van der Waals surface area contributed by atoms with E-state index in [1.807, 2.05) is 24.4 Å². The summed E-state index contributed by atoms with van der Waals surface area (Å²) in [6.45, 7) is 4.67. The molecule has 2 aromatic heterocycles. The van der Waals surface area contributed by atoms with E-state index in [1.54, 1.807) is 23.2 Å². The van der Waals surface area contributed by atoms with Crippen LogP contribution in [0.4, 0.5) is 0 Å². The summed E-state index contributed by atoms with van der Waals surface area (Å²) in [5.41, 5.74) is -0.520. The zero-order chi connectivity index (χ0) is 21.3. The quantitative estimate of drug-likeness (QED) is 0.736. The van der Waals surface area contributed by atoms with Gasteiger partial charge in [0.2, 0.25) is 5.91 Å². The molecule has 0 radical (unpaired) electrons. The number of carbonyl (C=O) groups excluding carboxylic acids is 3. The summed E-state index contributed by atoms with van der Waals surface area (Å²) in [4.78, 5) is 41.5. The summed E-state index contributed by atoms with van der Waals surface area (Å²) in [5.74, 6) is -0.773. The molecule has 0 spiro atoms. The average Bonchev–Trinajstić information content (AvgIpc) is 3.48. The van der Waals surface area contributed by atoms with E-state index in [2.05, 4.69) is 15.7 Å². The van der Waals surface area contributed by atoms with Crippen molar-refractivity contribution in [3.05, 3.63) is 39.8 Å². The monoisotopic (exact) mass is 429 g/mol. The van der Waals surface area contributed by atoms with Gasteiger partial charge in [0.15, 0.2) is 5.69 Å². The predicted molar refractivity (Wildman–Crippen MR) is 113 cm³/mol. The van der Waals surface area contributed by atoms with Crippen LogP contribution in [-0.2, 0) is 17.9 Å². The molecule has 1 aliphatic carbocycles. The van der Waals surface area contributed by atoms with Gasteiger partial charge in [-0.3, -0.25) is 19.1 Å². The summed E-state index contributed by atoms with van der Waals surface area (Å²) in [5, 5.41) is 12.3. The van der Waals surface area contributed by atoms with E-state index in [-0.39, 0.29) is 36.0 Å².